The Morgan fingerprint density at radius 1 is 1.44 bits per heavy atom. The summed E-state index contributed by atoms with van der Waals surface area (Å²) in [6, 6.07) is 0.616. The molecule has 1 heterocycles. The van der Waals surface area contributed by atoms with Crippen molar-refractivity contribution in [1.29, 1.82) is 0 Å². The molecule has 1 aliphatic carbocycles. The van der Waals surface area contributed by atoms with Gasteiger partial charge in [-0.2, -0.15) is 0 Å². The van der Waals surface area contributed by atoms with Gasteiger partial charge in [0.15, 0.2) is 4.77 Å². The van der Waals surface area contributed by atoms with Crippen LogP contribution in [0.15, 0.2) is 6.20 Å². The molecule has 0 saturated heterocycles. The molecule has 3 atom stereocenters. The fraction of sp³-hybridized carbons (Fsp3) is 0.769. The lowest BCUT2D eigenvalue weighted by molar-refractivity contribution is 0.203. The molecular formula is C13H22N2S. The molecule has 2 rings (SSSR count). The summed E-state index contributed by atoms with van der Waals surface area (Å²) < 4.78 is 3.27. The number of nitrogens with one attached hydrogen (secondary N) is 1. The smallest absolute Gasteiger partial charge is 0.177 e. The number of H-pyrrole nitrogens is 1. The first-order valence-electron chi connectivity index (χ1n) is 6.42. The molecular weight excluding hydrogens is 216 g/mol. The highest BCUT2D eigenvalue weighted by Crippen LogP contribution is 2.37. The molecule has 1 aromatic rings. The molecule has 1 fully saturated rings. The lowest BCUT2D eigenvalue weighted by atomic mass is 9.79. The fourth-order valence-corrected chi connectivity index (χ4v) is 3.40. The van der Waals surface area contributed by atoms with Crippen LogP contribution >= 0.6 is 12.2 Å². The predicted octanol–water partition coefficient (Wildman–Crippen LogP) is 4.11. The lowest BCUT2D eigenvalue weighted by Gasteiger charge is -2.34. The van der Waals surface area contributed by atoms with Crippen LogP contribution in [0.25, 0.3) is 0 Å². The summed E-state index contributed by atoms with van der Waals surface area (Å²) in [4.78, 5) is 3.20. The first-order chi connectivity index (χ1) is 7.63. The number of nitrogens with zero attached hydrogens (tertiary/aromatic N) is 1. The third kappa shape index (κ3) is 2.10. The Morgan fingerprint density at radius 3 is 2.81 bits per heavy atom. The van der Waals surface area contributed by atoms with Crippen molar-refractivity contribution in [3.8, 4) is 0 Å². The Labute approximate surface area is 103 Å². The van der Waals surface area contributed by atoms with Crippen LogP contribution in [-0.2, 0) is 6.42 Å². The minimum absolute atomic E-state index is 0.616. The van der Waals surface area contributed by atoms with Crippen molar-refractivity contribution < 1.29 is 0 Å². The lowest BCUT2D eigenvalue weighted by Crippen LogP contribution is -2.25. The second-order valence-electron chi connectivity index (χ2n) is 5.27. The number of aryl methyl sites for hydroxylation is 1. The van der Waals surface area contributed by atoms with Gasteiger partial charge in [0.25, 0.3) is 0 Å². The second-order valence-corrected chi connectivity index (χ2v) is 5.66. The Balaban J connectivity index is 2.29. The van der Waals surface area contributed by atoms with Crippen molar-refractivity contribution in [2.75, 3.05) is 0 Å². The Bertz CT molecular complexity index is 404. The molecule has 0 radical (unpaired) electrons. The first-order valence-corrected chi connectivity index (χ1v) is 6.83. The SMILES string of the molecule is CCc1c[nH]c(=S)n1C1CCC(C)CC1C. The van der Waals surface area contributed by atoms with Crippen LogP contribution in [0.2, 0.25) is 0 Å². The molecule has 0 bridgehead atoms. The van der Waals surface area contributed by atoms with Crippen LogP contribution in [0.3, 0.4) is 0 Å². The van der Waals surface area contributed by atoms with Crippen molar-refractivity contribution in [3.63, 3.8) is 0 Å². The maximum Gasteiger partial charge on any atom is 0.177 e. The summed E-state index contributed by atoms with van der Waals surface area (Å²) in [5.74, 6) is 1.63. The molecule has 0 spiro atoms. The number of aromatic amines is 1. The minimum Gasteiger partial charge on any atom is -0.337 e. The maximum absolute atomic E-state index is 5.41. The van der Waals surface area contributed by atoms with Crippen molar-refractivity contribution in [1.82, 2.24) is 9.55 Å². The zero-order chi connectivity index (χ0) is 11.7. The second kappa shape index (κ2) is 4.74. The third-order valence-electron chi connectivity index (χ3n) is 3.97. The van der Waals surface area contributed by atoms with Crippen LogP contribution in [0.4, 0.5) is 0 Å². The third-order valence-corrected chi connectivity index (χ3v) is 4.29. The zero-order valence-electron chi connectivity index (χ0n) is 10.5. The van der Waals surface area contributed by atoms with Crippen molar-refractivity contribution >= 4 is 12.2 Å². The van der Waals surface area contributed by atoms with Gasteiger partial charge in [-0.15, -0.1) is 0 Å². The summed E-state index contributed by atoms with van der Waals surface area (Å²) in [5, 5.41) is 0. The number of hydrogen-bond donors (Lipinski definition) is 1. The maximum atomic E-state index is 5.41. The Morgan fingerprint density at radius 2 is 2.19 bits per heavy atom. The van der Waals surface area contributed by atoms with E-state index >= 15 is 0 Å². The van der Waals surface area contributed by atoms with Gasteiger partial charge in [0.05, 0.1) is 0 Å². The van der Waals surface area contributed by atoms with Crippen molar-refractivity contribution in [2.45, 2.75) is 52.5 Å². The highest BCUT2D eigenvalue weighted by Gasteiger charge is 2.27. The van der Waals surface area contributed by atoms with Crippen LogP contribution < -0.4 is 0 Å². The number of rotatable bonds is 2. The number of hydrogen-bond acceptors (Lipinski definition) is 1. The monoisotopic (exact) mass is 238 g/mol. The van der Waals surface area contributed by atoms with Crippen molar-refractivity contribution in [3.05, 3.63) is 16.7 Å². The minimum atomic E-state index is 0.616. The predicted molar refractivity (Wildman–Crippen MR) is 70.2 cm³/mol. The molecule has 0 aliphatic heterocycles. The van der Waals surface area contributed by atoms with Gasteiger partial charge in [0, 0.05) is 17.9 Å². The van der Waals surface area contributed by atoms with Gasteiger partial charge in [0.1, 0.15) is 0 Å². The van der Waals surface area contributed by atoms with Gasteiger partial charge in [-0.3, -0.25) is 0 Å². The van der Waals surface area contributed by atoms with Gasteiger partial charge in [-0.25, -0.2) is 0 Å². The van der Waals surface area contributed by atoms with Crippen LogP contribution in [0.1, 0.15) is 51.8 Å². The summed E-state index contributed by atoms with van der Waals surface area (Å²) in [6.45, 7) is 6.93. The van der Waals surface area contributed by atoms with Gasteiger partial charge in [-0.05, 0) is 49.7 Å². The Hall–Kier alpha value is -0.570. The van der Waals surface area contributed by atoms with E-state index in [1.165, 1.54) is 25.0 Å². The van der Waals surface area contributed by atoms with Gasteiger partial charge in [0.2, 0.25) is 0 Å². The quantitative estimate of drug-likeness (QED) is 0.769. The molecule has 3 unspecified atom stereocenters. The van der Waals surface area contributed by atoms with E-state index in [0.29, 0.717) is 6.04 Å². The van der Waals surface area contributed by atoms with E-state index in [-0.39, 0.29) is 0 Å². The average molecular weight is 238 g/mol. The summed E-state index contributed by atoms with van der Waals surface area (Å²) in [6.07, 6.45) is 7.09. The number of imidazole rings is 1. The largest absolute Gasteiger partial charge is 0.337 e. The molecule has 90 valence electrons. The van der Waals surface area contributed by atoms with E-state index in [1.807, 2.05) is 0 Å². The van der Waals surface area contributed by atoms with E-state index in [9.17, 15) is 0 Å². The molecule has 3 heteroatoms. The molecule has 1 aliphatic rings. The molecule has 1 saturated carbocycles. The Kier molecular flexibility index (Phi) is 3.53. The van der Waals surface area contributed by atoms with Crippen LogP contribution in [-0.4, -0.2) is 9.55 Å². The molecule has 2 nitrogen and oxygen atoms in total. The molecule has 16 heavy (non-hydrogen) atoms. The van der Waals surface area contributed by atoms with E-state index in [4.69, 9.17) is 12.2 Å². The summed E-state index contributed by atoms with van der Waals surface area (Å²) in [5.41, 5.74) is 1.36. The normalized spacial score (nSPS) is 30.6. The summed E-state index contributed by atoms with van der Waals surface area (Å²) in [7, 11) is 0. The van der Waals surface area contributed by atoms with E-state index < -0.39 is 0 Å². The van der Waals surface area contributed by atoms with Gasteiger partial charge in [-0.1, -0.05) is 20.8 Å². The molecule has 0 amide bonds. The highest BCUT2D eigenvalue weighted by molar-refractivity contribution is 7.71. The molecule has 1 N–H and O–H groups in total. The van der Waals surface area contributed by atoms with E-state index in [0.717, 1.165) is 23.0 Å². The number of aromatic nitrogens is 2. The van der Waals surface area contributed by atoms with Gasteiger partial charge >= 0.3 is 0 Å². The fourth-order valence-electron chi connectivity index (χ4n) is 3.08. The average Bonchev–Trinajstić information content (AvgIpc) is 2.60. The first kappa shape index (κ1) is 11.9. The standard InChI is InChI=1S/C13H22N2S/c1-4-11-8-14-13(16)15(11)12-6-5-9(2)7-10(12)3/h8-10,12H,4-7H2,1-3H3,(H,14,16). The van der Waals surface area contributed by atoms with Crippen LogP contribution in [0.5, 0.6) is 0 Å². The molecule has 0 aromatic carbocycles. The van der Waals surface area contributed by atoms with E-state index in [1.54, 1.807) is 0 Å². The summed E-state index contributed by atoms with van der Waals surface area (Å²) >= 11 is 5.41. The zero-order valence-corrected chi connectivity index (χ0v) is 11.3. The van der Waals surface area contributed by atoms with E-state index in [2.05, 4.69) is 36.5 Å². The molecule has 1 aromatic heterocycles. The van der Waals surface area contributed by atoms with Gasteiger partial charge < -0.3 is 9.55 Å². The van der Waals surface area contributed by atoms with Crippen LogP contribution in [0, 0.1) is 16.6 Å². The van der Waals surface area contributed by atoms with Crippen molar-refractivity contribution in [2.24, 2.45) is 11.8 Å². The topological polar surface area (TPSA) is 20.7 Å². The highest BCUT2D eigenvalue weighted by atomic mass is 32.1.